The molecule has 4 nitrogen and oxygen atoms in total. The van der Waals surface area contributed by atoms with Crippen molar-refractivity contribution in [3.63, 3.8) is 0 Å². The van der Waals surface area contributed by atoms with Crippen LogP contribution in [0.5, 0.6) is 0 Å². The van der Waals surface area contributed by atoms with E-state index >= 15 is 0 Å². The summed E-state index contributed by atoms with van der Waals surface area (Å²) in [6.07, 6.45) is 0.456. The zero-order valence-corrected chi connectivity index (χ0v) is 16.0. The van der Waals surface area contributed by atoms with Crippen LogP contribution in [-0.2, 0) is 10.4 Å². The van der Waals surface area contributed by atoms with Crippen molar-refractivity contribution in [1.29, 1.82) is 0 Å². The normalized spacial score (nSPS) is 19.7. The van der Waals surface area contributed by atoms with E-state index in [1.165, 1.54) is 0 Å². The highest BCUT2D eigenvalue weighted by atomic mass is 79.9. The van der Waals surface area contributed by atoms with E-state index in [-0.39, 0.29) is 12.2 Å². The first-order valence-electron chi connectivity index (χ1n) is 7.49. The molecule has 0 saturated heterocycles. The van der Waals surface area contributed by atoms with E-state index in [0.29, 0.717) is 27.0 Å². The van der Waals surface area contributed by atoms with Gasteiger partial charge in [-0.2, -0.15) is 0 Å². The number of fused-ring (bicyclic) bond motifs is 1. The Morgan fingerprint density at radius 3 is 2.75 bits per heavy atom. The first-order chi connectivity index (χ1) is 11.4. The number of Topliss-reactive ketones (excluding diaryl/α,β-unsaturated/α-hetero) is 1. The van der Waals surface area contributed by atoms with Crippen LogP contribution < -0.4 is 4.90 Å². The number of hydrogen-bond donors (Lipinski definition) is 1. The van der Waals surface area contributed by atoms with Crippen molar-refractivity contribution in [3.05, 3.63) is 49.6 Å². The minimum Gasteiger partial charge on any atom is -0.375 e. The molecule has 1 aliphatic heterocycles. The minimum absolute atomic E-state index is 0.299. The zero-order valence-electron chi connectivity index (χ0n) is 12.9. The fraction of sp³-hybridized carbons (Fsp3) is 0.294. The lowest BCUT2D eigenvalue weighted by molar-refractivity contribution is -0.135. The number of rotatable bonds is 5. The minimum atomic E-state index is -1.85. The van der Waals surface area contributed by atoms with Gasteiger partial charge < -0.3 is 10.0 Å². The monoisotopic (exact) mass is 427 g/mol. The molecule has 7 heteroatoms. The summed E-state index contributed by atoms with van der Waals surface area (Å²) < 4.78 is 1.25. The Labute approximate surface area is 157 Å². The van der Waals surface area contributed by atoms with Crippen LogP contribution >= 0.6 is 38.9 Å². The third kappa shape index (κ3) is 2.92. The number of anilines is 1. The van der Waals surface area contributed by atoms with Crippen molar-refractivity contribution in [3.8, 4) is 0 Å². The molecule has 3 rings (SSSR count). The number of nitrogens with zero attached hydrogens (tertiary/aromatic N) is 1. The fourth-order valence-electron chi connectivity index (χ4n) is 2.92. The third-order valence-electron chi connectivity index (χ3n) is 4.01. The SMILES string of the molecule is CCCN1C(=O)[C@@](O)(CC(=O)c2ccc(Cl)s2)c2cc(Br)ccc21. The summed E-state index contributed by atoms with van der Waals surface area (Å²) in [6, 6.07) is 8.56. The number of carbonyl (C=O) groups is 2. The molecule has 1 amide bonds. The summed E-state index contributed by atoms with van der Waals surface area (Å²) in [5.41, 5.74) is -0.724. The van der Waals surface area contributed by atoms with E-state index in [0.717, 1.165) is 22.2 Å². The Morgan fingerprint density at radius 2 is 2.12 bits per heavy atom. The zero-order chi connectivity index (χ0) is 17.5. The molecule has 0 spiro atoms. The fourth-order valence-corrected chi connectivity index (χ4v) is 4.26. The Bertz CT molecular complexity index is 822. The van der Waals surface area contributed by atoms with Gasteiger partial charge in [0.1, 0.15) is 0 Å². The molecule has 1 aliphatic rings. The molecular formula is C17H15BrClNO3S. The van der Waals surface area contributed by atoms with Gasteiger partial charge in [0.25, 0.3) is 5.91 Å². The van der Waals surface area contributed by atoms with Gasteiger partial charge in [-0.15, -0.1) is 11.3 Å². The first-order valence-corrected chi connectivity index (χ1v) is 9.48. The highest BCUT2D eigenvalue weighted by Crippen LogP contribution is 2.44. The molecule has 0 aliphatic carbocycles. The highest BCUT2D eigenvalue weighted by Gasteiger charge is 2.50. The van der Waals surface area contributed by atoms with Crippen LogP contribution in [0.3, 0.4) is 0 Å². The van der Waals surface area contributed by atoms with Crippen LogP contribution in [0.25, 0.3) is 0 Å². The lowest BCUT2D eigenvalue weighted by Gasteiger charge is -2.22. The van der Waals surface area contributed by atoms with Crippen molar-refractivity contribution in [1.82, 2.24) is 0 Å². The molecule has 2 aromatic rings. The quantitative estimate of drug-likeness (QED) is 0.719. The van der Waals surface area contributed by atoms with Crippen molar-refractivity contribution in [2.75, 3.05) is 11.4 Å². The van der Waals surface area contributed by atoms with Crippen molar-refractivity contribution in [2.45, 2.75) is 25.4 Å². The van der Waals surface area contributed by atoms with Gasteiger partial charge in [-0.3, -0.25) is 9.59 Å². The van der Waals surface area contributed by atoms with Gasteiger partial charge in [-0.25, -0.2) is 0 Å². The van der Waals surface area contributed by atoms with Crippen LogP contribution in [0.1, 0.15) is 35.0 Å². The number of carbonyl (C=O) groups excluding carboxylic acids is 2. The second-order valence-electron chi connectivity index (χ2n) is 5.68. The molecule has 1 N–H and O–H groups in total. The van der Waals surface area contributed by atoms with Gasteiger partial charge >= 0.3 is 0 Å². The molecule has 0 radical (unpaired) electrons. The average Bonchev–Trinajstić information content (AvgIpc) is 3.05. The molecule has 126 valence electrons. The van der Waals surface area contributed by atoms with Crippen LogP contribution in [0.4, 0.5) is 5.69 Å². The summed E-state index contributed by atoms with van der Waals surface area (Å²) >= 11 is 10.4. The van der Waals surface area contributed by atoms with E-state index in [9.17, 15) is 14.7 Å². The second-order valence-corrected chi connectivity index (χ2v) is 8.31. The van der Waals surface area contributed by atoms with E-state index in [1.54, 1.807) is 29.2 Å². The lowest BCUT2D eigenvalue weighted by atomic mass is 9.89. The van der Waals surface area contributed by atoms with Gasteiger partial charge in [0.05, 0.1) is 21.3 Å². The maximum absolute atomic E-state index is 12.8. The summed E-state index contributed by atoms with van der Waals surface area (Å²) in [5.74, 6) is -0.750. The maximum Gasteiger partial charge on any atom is 0.264 e. The smallest absolute Gasteiger partial charge is 0.264 e. The van der Waals surface area contributed by atoms with Crippen LogP contribution in [-0.4, -0.2) is 23.3 Å². The van der Waals surface area contributed by atoms with Crippen molar-refractivity contribution >= 4 is 56.2 Å². The van der Waals surface area contributed by atoms with Gasteiger partial charge in [-0.1, -0.05) is 34.5 Å². The molecule has 24 heavy (non-hydrogen) atoms. The summed E-state index contributed by atoms with van der Waals surface area (Å²) in [4.78, 5) is 27.4. The molecule has 2 heterocycles. The Hall–Kier alpha value is -1.21. The van der Waals surface area contributed by atoms with E-state index in [4.69, 9.17) is 11.6 Å². The van der Waals surface area contributed by atoms with Crippen LogP contribution in [0.2, 0.25) is 4.34 Å². The van der Waals surface area contributed by atoms with E-state index in [2.05, 4.69) is 15.9 Å². The van der Waals surface area contributed by atoms with E-state index < -0.39 is 11.5 Å². The number of aliphatic hydroxyl groups is 1. The molecule has 0 fully saturated rings. The lowest BCUT2D eigenvalue weighted by Crippen LogP contribution is -2.42. The number of benzene rings is 1. The van der Waals surface area contributed by atoms with Gasteiger partial charge in [0.15, 0.2) is 11.4 Å². The van der Waals surface area contributed by atoms with Crippen molar-refractivity contribution in [2.24, 2.45) is 0 Å². The Kier molecular flexibility index (Phi) is 4.84. The predicted octanol–water partition coefficient (Wildman–Crippen LogP) is 4.38. The standard InChI is InChI=1S/C17H15BrClNO3S/c1-2-7-20-12-4-3-10(18)8-11(12)17(23,16(20)22)9-13(21)14-5-6-15(19)24-14/h3-6,8,23H,2,7,9H2,1H3/t17-/m1/s1. The molecule has 0 bridgehead atoms. The van der Waals surface area contributed by atoms with Gasteiger partial charge in [0.2, 0.25) is 0 Å². The summed E-state index contributed by atoms with van der Waals surface area (Å²) in [6.45, 7) is 2.46. The summed E-state index contributed by atoms with van der Waals surface area (Å²) in [7, 11) is 0. The summed E-state index contributed by atoms with van der Waals surface area (Å²) in [5, 5.41) is 11.1. The number of ketones is 1. The topological polar surface area (TPSA) is 57.6 Å². The molecule has 1 aromatic carbocycles. The predicted molar refractivity (Wildman–Crippen MR) is 99.0 cm³/mol. The van der Waals surface area contributed by atoms with E-state index in [1.807, 2.05) is 13.0 Å². The Balaban J connectivity index is 2.01. The largest absolute Gasteiger partial charge is 0.375 e. The second kappa shape index (κ2) is 6.59. The molecule has 0 saturated carbocycles. The number of hydrogen-bond acceptors (Lipinski definition) is 4. The first kappa shape index (κ1) is 17.6. The highest BCUT2D eigenvalue weighted by molar-refractivity contribution is 9.10. The van der Waals surface area contributed by atoms with Gasteiger partial charge in [0, 0.05) is 16.6 Å². The van der Waals surface area contributed by atoms with Gasteiger partial charge in [-0.05, 0) is 36.8 Å². The van der Waals surface area contributed by atoms with Crippen molar-refractivity contribution < 1.29 is 14.7 Å². The number of halogens is 2. The number of amides is 1. The van der Waals surface area contributed by atoms with Crippen LogP contribution in [0.15, 0.2) is 34.8 Å². The molecule has 1 atom stereocenters. The maximum atomic E-state index is 12.8. The third-order valence-corrected chi connectivity index (χ3v) is 5.77. The molecule has 1 aromatic heterocycles. The average molecular weight is 429 g/mol. The number of thiophene rings is 1. The Morgan fingerprint density at radius 1 is 1.38 bits per heavy atom. The molecule has 0 unspecified atom stereocenters. The van der Waals surface area contributed by atoms with Crippen LogP contribution in [0, 0.1) is 0 Å². The molecular weight excluding hydrogens is 414 g/mol.